The lowest BCUT2D eigenvalue weighted by Crippen LogP contribution is -2.29. The van der Waals surface area contributed by atoms with Gasteiger partial charge in [0.05, 0.1) is 5.70 Å². The molecule has 6 nitrogen and oxygen atoms in total. The summed E-state index contributed by atoms with van der Waals surface area (Å²) in [6.07, 6.45) is -1.25. The third kappa shape index (κ3) is 3.04. The SMILES string of the molecule is CC1OC(=O)C(N)=C1NC(=O)OCc1ccccc1. The van der Waals surface area contributed by atoms with Gasteiger partial charge in [-0.05, 0) is 12.5 Å². The van der Waals surface area contributed by atoms with Gasteiger partial charge in [0.2, 0.25) is 0 Å². The predicted molar refractivity (Wildman–Crippen MR) is 66.5 cm³/mol. The Hall–Kier alpha value is -2.50. The number of rotatable bonds is 3. The number of carbonyl (C=O) groups is 2. The van der Waals surface area contributed by atoms with Crippen molar-refractivity contribution in [1.82, 2.24) is 5.32 Å². The number of ether oxygens (including phenoxy) is 2. The third-order valence-electron chi connectivity index (χ3n) is 2.65. The molecule has 0 aliphatic carbocycles. The highest BCUT2D eigenvalue weighted by molar-refractivity contribution is 5.92. The summed E-state index contributed by atoms with van der Waals surface area (Å²) in [5.74, 6) is -0.633. The van der Waals surface area contributed by atoms with Crippen LogP contribution in [0, 0.1) is 0 Å². The van der Waals surface area contributed by atoms with Gasteiger partial charge >= 0.3 is 12.1 Å². The number of nitrogens with two attached hydrogens (primary N) is 1. The molecule has 0 spiro atoms. The lowest BCUT2D eigenvalue weighted by Gasteiger charge is -2.10. The zero-order valence-electron chi connectivity index (χ0n) is 10.4. The molecule has 0 fully saturated rings. The average molecular weight is 262 g/mol. The van der Waals surface area contributed by atoms with Crippen molar-refractivity contribution in [2.75, 3.05) is 0 Å². The van der Waals surface area contributed by atoms with E-state index in [0.29, 0.717) is 0 Å². The number of amides is 1. The van der Waals surface area contributed by atoms with E-state index in [1.54, 1.807) is 6.92 Å². The largest absolute Gasteiger partial charge is 0.451 e. The van der Waals surface area contributed by atoms with Gasteiger partial charge in [0, 0.05) is 0 Å². The molecule has 1 aliphatic heterocycles. The Morgan fingerprint density at radius 2 is 2.11 bits per heavy atom. The number of benzene rings is 1. The first-order chi connectivity index (χ1) is 9.08. The first-order valence-electron chi connectivity index (χ1n) is 5.76. The predicted octanol–water partition coefficient (Wildman–Crippen LogP) is 1.03. The van der Waals surface area contributed by atoms with E-state index in [0.717, 1.165) is 5.56 Å². The topological polar surface area (TPSA) is 90.6 Å². The molecule has 0 aromatic heterocycles. The van der Waals surface area contributed by atoms with Crippen LogP contribution in [0.5, 0.6) is 0 Å². The fraction of sp³-hybridized carbons (Fsp3) is 0.231. The van der Waals surface area contributed by atoms with Crippen LogP contribution < -0.4 is 11.1 Å². The van der Waals surface area contributed by atoms with Crippen LogP contribution in [-0.4, -0.2) is 18.2 Å². The Balaban J connectivity index is 1.90. The van der Waals surface area contributed by atoms with E-state index in [1.165, 1.54) is 0 Å². The second kappa shape index (κ2) is 5.43. The summed E-state index contributed by atoms with van der Waals surface area (Å²) in [5.41, 5.74) is 6.52. The van der Waals surface area contributed by atoms with Gasteiger partial charge in [0.15, 0.2) is 0 Å². The number of alkyl carbamates (subject to hydrolysis) is 1. The van der Waals surface area contributed by atoms with E-state index in [1.807, 2.05) is 30.3 Å². The maximum Gasteiger partial charge on any atom is 0.411 e. The highest BCUT2D eigenvalue weighted by Crippen LogP contribution is 2.16. The van der Waals surface area contributed by atoms with E-state index in [4.69, 9.17) is 15.2 Å². The molecule has 1 aliphatic rings. The maximum atomic E-state index is 11.6. The van der Waals surface area contributed by atoms with Crippen molar-refractivity contribution in [2.24, 2.45) is 5.73 Å². The van der Waals surface area contributed by atoms with Crippen LogP contribution in [-0.2, 0) is 20.9 Å². The van der Waals surface area contributed by atoms with Gasteiger partial charge in [-0.2, -0.15) is 0 Å². The van der Waals surface area contributed by atoms with E-state index >= 15 is 0 Å². The molecule has 6 heteroatoms. The average Bonchev–Trinajstić information content (AvgIpc) is 2.64. The molecule has 0 saturated heterocycles. The molecule has 1 atom stereocenters. The highest BCUT2D eigenvalue weighted by Gasteiger charge is 2.30. The Bertz CT molecular complexity index is 525. The molecule has 1 unspecified atom stereocenters. The van der Waals surface area contributed by atoms with E-state index in [9.17, 15) is 9.59 Å². The molecule has 2 rings (SSSR count). The number of esters is 1. The van der Waals surface area contributed by atoms with Gasteiger partial charge in [-0.1, -0.05) is 30.3 Å². The number of cyclic esters (lactones) is 1. The minimum Gasteiger partial charge on any atom is -0.451 e. The normalized spacial score (nSPS) is 18.2. The molecule has 3 N–H and O–H groups in total. The summed E-state index contributed by atoms with van der Waals surface area (Å²) >= 11 is 0. The summed E-state index contributed by atoms with van der Waals surface area (Å²) < 4.78 is 9.86. The van der Waals surface area contributed by atoms with Crippen molar-refractivity contribution in [2.45, 2.75) is 19.6 Å². The fourth-order valence-electron chi connectivity index (χ4n) is 1.65. The van der Waals surface area contributed by atoms with E-state index < -0.39 is 18.2 Å². The van der Waals surface area contributed by atoms with E-state index in [-0.39, 0.29) is 18.0 Å². The molecule has 19 heavy (non-hydrogen) atoms. The maximum absolute atomic E-state index is 11.6. The van der Waals surface area contributed by atoms with Crippen molar-refractivity contribution >= 4 is 12.1 Å². The fourth-order valence-corrected chi connectivity index (χ4v) is 1.65. The Kier molecular flexibility index (Phi) is 3.70. The van der Waals surface area contributed by atoms with Crippen LogP contribution in [0.2, 0.25) is 0 Å². The van der Waals surface area contributed by atoms with Crippen LogP contribution in [0.1, 0.15) is 12.5 Å². The summed E-state index contributed by atoms with van der Waals surface area (Å²) in [7, 11) is 0. The minimum atomic E-state index is -0.674. The van der Waals surface area contributed by atoms with Crippen molar-refractivity contribution in [3.63, 3.8) is 0 Å². The highest BCUT2D eigenvalue weighted by atomic mass is 16.6. The van der Waals surface area contributed by atoms with Crippen molar-refractivity contribution in [1.29, 1.82) is 0 Å². The first-order valence-corrected chi connectivity index (χ1v) is 5.76. The minimum absolute atomic E-state index is 0.0934. The van der Waals surface area contributed by atoms with E-state index in [2.05, 4.69) is 5.32 Å². The van der Waals surface area contributed by atoms with Crippen LogP contribution >= 0.6 is 0 Å². The molecule has 0 bridgehead atoms. The molecule has 0 saturated carbocycles. The quantitative estimate of drug-likeness (QED) is 0.794. The van der Waals surface area contributed by atoms with Gasteiger partial charge < -0.3 is 15.2 Å². The van der Waals surface area contributed by atoms with Crippen molar-refractivity contribution in [3.8, 4) is 0 Å². The summed E-state index contributed by atoms with van der Waals surface area (Å²) in [4.78, 5) is 22.7. The smallest absolute Gasteiger partial charge is 0.411 e. The van der Waals surface area contributed by atoms with Gasteiger partial charge in [-0.15, -0.1) is 0 Å². The standard InChI is InChI=1S/C13H14N2O4/c1-8-11(10(14)12(16)19-8)15-13(17)18-7-9-5-3-2-4-6-9/h2-6,8H,7,14H2,1H3,(H,15,17). The number of carbonyl (C=O) groups excluding carboxylic acids is 2. The zero-order chi connectivity index (χ0) is 13.8. The Morgan fingerprint density at radius 3 is 2.68 bits per heavy atom. The molecular weight excluding hydrogens is 248 g/mol. The lowest BCUT2D eigenvalue weighted by atomic mass is 10.2. The van der Waals surface area contributed by atoms with Crippen LogP contribution in [0.25, 0.3) is 0 Å². The van der Waals surface area contributed by atoms with Crippen LogP contribution in [0.15, 0.2) is 41.7 Å². The van der Waals surface area contributed by atoms with Gasteiger partial charge in [0.1, 0.15) is 18.4 Å². The second-order valence-corrected chi connectivity index (χ2v) is 4.06. The summed E-state index contributed by atoms with van der Waals surface area (Å²) in [6, 6.07) is 9.25. The Labute approximate surface area is 110 Å². The molecule has 0 radical (unpaired) electrons. The number of hydrogen-bond acceptors (Lipinski definition) is 5. The monoisotopic (exact) mass is 262 g/mol. The van der Waals surface area contributed by atoms with Crippen molar-refractivity contribution < 1.29 is 19.1 Å². The second-order valence-electron chi connectivity index (χ2n) is 4.06. The lowest BCUT2D eigenvalue weighted by molar-refractivity contribution is -0.139. The first kappa shape index (κ1) is 12.9. The number of hydrogen-bond donors (Lipinski definition) is 2. The third-order valence-corrected chi connectivity index (χ3v) is 2.65. The molecule has 1 aromatic carbocycles. The molecule has 1 amide bonds. The molecule has 100 valence electrons. The Morgan fingerprint density at radius 1 is 1.42 bits per heavy atom. The van der Waals surface area contributed by atoms with Crippen LogP contribution in [0.4, 0.5) is 4.79 Å². The molecule has 1 heterocycles. The summed E-state index contributed by atoms with van der Waals surface area (Å²) in [5, 5.41) is 2.43. The van der Waals surface area contributed by atoms with Crippen LogP contribution in [0.3, 0.4) is 0 Å². The van der Waals surface area contributed by atoms with Crippen molar-refractivity contribution in [3.05, 3.63) is 47.3 Å². The van der Waals surface area contributed by atoms with Gasteiger partial charge in [-0.25, -0.2) is 9.59 Å². The zero-order valence-corrected chi connectivity index (χ0v) is 10.4. The van der Waals surface area contributed by atoms with Gasteiger partial charge in [0.25, 0.3) is 0 Å². The number of nitrogens with one attached hydrogen (secondary N) is 1. The molecular formula is C13H14N2O4. The van der Waals surface area contributed by atoms with Gasteiger partial charge in [-0.3, -0.25) is 5.32 Å². The molecule has 1 aromatic rings. The summed E-state index contributed by atoms with van der Waals surface area (Å²) in [6.45, 7) is 1.76.